The molecule has 0 spiro atoms. The Morgan fingerprint density at radius 2 is 1.41 bits per heavy atom. The van der Waals surface area contributed by atoms with Crippen LogP contribution in [0.3, 0.4) is 0 Å². The van der Waals surface area contributed by atoms with Gasteiger partial charge in [-0.1, -0.05) is 39.0 Å². The Morgan fingerprint density at radius 1 is 0.773 bits per heavy atom. The third-order valence-electron chi connectivity index (χ3n) is 7.17. The van der Waals surface area contributed by atoms with Gasteiger partial charge < -0.3 is 9.96 Å². The molecule has 2 aliphatic carbocycles. The van der Waals surface area contributed by atoms with Gasteiger partial charge in [0, 0.05) is 12.3 Å². The first-order valence-corrected chi connectivity index (χ1v) is 10.2. The van der Waals surface area contributed by atoms with Crippen molar-refractivity contribution in [2.75, 3.05) is 19.6 Å². The monoisotopic (exact) mass is 309 g/mol. The van der Waals surface area contributed by atoms with Crippen molar-refractivity contribution < 1.29 is 9.96 Å². The van der Waals surface area contributed by atoms with Crippen molar-refractivity contribution in [2.24, 2.45) is 11.8 Å². The summed E-state index contributed by atoms with van der Waals surface area (Å²) in [4.78, 5) is 0. The Kier molecular flexibility index (Phi) is 7.21. The molecule has 2 atom stereocenters. The molecule has 3 rings (SSSR count). The molecule has 22 heavy (non-hydrogen) atoms. The van der Waals surface area contributed by atoms with Gasteiger partial charge in [0.05, 0.1) is 25.7 Å². The molecular weight excluding hydrogens is 270 g/mol. The summed E-state index contributed by atoms with van der Waals surface area (Å²) in [5, 5.41) is 0. The maximum atomic E-state index is 2.38. The van der Waals surface area contributed by atoms with E-state index in [2.05, 4.69) is 6.92 Å². The predicted molar refractivity (Wildman–Crippen MR) is 93.3 cm³/mol. The van der Waals surface area contributed by atoms with Gasteiger partial charge in [-0.2, -0.15) is 0 Å². The standard InChI is InChI=1S/C20H38N.H2O/c1-2-3-15-21(20-12-8-5-9-13-20)16-14-19(17-21)18-10-6-4-7-11-18;/h18-20H,2-17H2,1H3;1H2/q+1;/p-1. The van der Waals surface area contributed by atoms with Crippen molar-refractivity contribution in [2.45, 2.75) is 96.4 Å². The van der Waals surface area contributed by atoms with Crippen LogP contribution in [0.15, 0.2) is 0 Å². The lowest BCUT2D eigenvalue weighted by Crippen LogP contribution is -2.55. The Balaban J connectivity index is 0.00000176. The average molecular weight is 310 g/mol. The van der Waals surface area contributed by atoms with Crippen molar-refractivity contribution in [1.29, 1.82) is 0 Å². The minimum Gasteiger partial charge on any atom is -0.870 e. The van der Waals surface area contributed by atoms with Crippen LogP contribution >= 0.6 is 0 Å². The van der Waals surface area contributed by atoms with E-state index >= 15 is 0 Å². The fourth-order valence-corrected chi connectivity index (χ4v) is 5.88. The van der Waals surface area contributed by atoms with E-state index in [0.29, 0.717) is 0 Å². The molecule has 2 saturated carbocycles. The minimum atomic E-state index is 0. The van der Waals surface area contributed by atoms with E-state index in [1.54, 1.807) is 43.1 Å². The molecule has 3 aliphatic rings. The molecule has 0 aromatic heterocycles. The maximum Gasteiger partial charge on any atom is 0.0890 e. The Labute approximate surface area is 138 Å². The number of hydrogen-bond acceptors (Lipinski definition) is 1. The summed E-state index contributed by atoms with van der Waals surface area (Å²) in [5.41, 5.74) is 0. The maximum absolute atomic E-state index is 2.38. The van der Waals surface area contributed by atoms with Gasteiger partial charge in [0.15, 0.2) is 0 Å². The Hall–Kier alpha value is -0.0800. The van der Waals surface area contributed by atoms with E-state index < -0.39 is 0 Å². The van der Waals surface area contributed by atoms with Crippen LogP contribution in [0.1, 0.15) is 90.4 Å². The van der Waals surface area contributed by atoms with Gasteiger partial charge in [-0.3, -0.25) is 0 Å². The molecule has 0 bridgehead atoms. The molecule has 1 heterocycles. The smallest absolute Gasteiger partial charge is 0.0890 e. The molecule has 2 unspecified atom stereocenters. The Bertz CT molecular complexity index is 307. The summed E-state index contributed by atoms with van der Waals surface area (Å²) >= 11 is 0. The summed E-state index contributed by atoms with van der Waals surface area (Å²) in [6, 6.07) is 1.04. The highest BCUT2D eigenvalue weighted by molar-refractivity contribution is 4.80. The van der Waals surface area contributed by atoms with Gasteiger partial charge in [-0.05, 0) is 50.9 Å². The van der Waals surface area contributed by atoms with Gasteiger partial charge in [0.25, 0.3) is 0 Å². The van der Waals surface area contributed by atoms with Crippen LogP contribution in [0, 0.1) is 11.8 Å². The van der Waals surface area contributed by atoms with E-state index in [1.165, 1.54) is 64.5 Å². The minimum absolute atomic E-state index is 0. The molecule has 1 aliphatic heterocycles. The molecule has 130 valence electrons. The van der Waals surface area contributed by atoms with Crippen LogP contribution in [-0.4, -0.2) is 35.6 Å². The zero-order valence-corrected chi connectivity index (χ0v) is 14.9. The fraction of sp³-hybridized carbons (Fsp3) is 1.00. The number of likely N-dealkylation sites (tertiary alicyclic amines) is 1. The van der Waals surface area contributed by atoms with Crippen LogP contribution in [0.25, 0.3) is 0 Å². The molecule has 1 N–H and O–H groups in total. The number of unbranched alkanes of at least 4 members (excludes halogenated alkanes) is 1. The summed E-state index contributed by atoms with van der Waals surface area (Å²) in [5.74, 6) is 2.19. The summed E-state index contributed by atoms with van der Waals surface area (Å²) in [7, 11) is 0. The van der Waals surface area contributed by atoms with Crippen molar-refractivity contribution >= 4 is 0 Å². The predicted octanol–water partition coefficient (Wildman–Crippen LogP) is 5.36. The van der Waals surface area contributed by atoms with Gasteiger partial charge in [0.2, 0.25) is 0 Å². The molecule has 0 amide bonds. The van der Waals surface area contributed by atoms with Gasteiger partial charge in [0.1, 0.15) is 0 Å². The first-order valence-electron chi connectivity index (χ1n) is 10.2. The molecule has 3 fully saturated rings. The first kappa shape index (κ1) is 18.3. The number of hydrogen-bond donors (Lipinski definition) is 0. The van der Waals surface area contributed by atoms with Gasteiger partial charge >= 0.3 is 0 Å². The normalized spacial score (nSPS) is 34.5. The van der Waals surface area contributed by atoms with E-state index in [9.17, 15) is 0 Å². The highest BCUT2D eigenvalue weighted by atomic mass is 16.0. The van der Waals surface area contributed by atoms with Crippen molar-refractivity contribution in [3.05, 3.63) is 0 Å². The summed E-state index contributed by atoms with van der Waals surface area (Å²) in [6.07, 6.45) is 19.7. The van der Waals surface area contributed by atoms with Crippen LogP contribution in [0.2, 0.25) is 0 Å². The number of rotatable bonds is 5. The fourth-order valence-electron chi connectivity index (χ4n) is 5.88. The second-order valence-corrected chi connectivity index (χ2v) is 8.44. The summed E-state index contributed by atoms with van der Waals surface area (Å²) in [6.45, 7) is 6.98. The van der Waals surface area contributed by atoms with E-state index in [-0.39, 0.29) is 5.48 Å². The van der Waals surface area contributed by atoms with E-state index in [0.717, 1.165) is 17.9 Å². The van der Waals surface area contributed by atoms with E-state index in [4.69, 9.17) is 0 Å². The zero-order chi connectivity index (χ0) is 14.5. The highest BCUT2D eigenvalue weighted by Gasteiger charge is 2.45. The molecule has 2 heteroatoms. The molecule has 0 aromatic rings. The number of nitrogens with zero attached hydrogens (tertiary/aromatic N) is 1. The third-order valence-corrected chi connectivity index (χ3v) is 7.17. The van der Waals surface area contributed by atoms with E-state index in [1.807, 2.05) is 0 Å². The molecule has 0 radical (unpaired) electrons. The molecular formula is C20H39NO. The molecule has 0 aromatic carbocycles. The van der Waals surface area contributed by atoms with Crippen LogP contribution in [0.5, 0.6) is 0 Å². The van der Waals surface area contributed by atoms with Crippen molar-refractivity contribution in [3.8, 4) is 0 Å². The number of quaternary nitrogens is 1. The quantitative estimate of drug-likeness (QED) is 0.629. The first-order chi connectivity index (χ1) is 10.3. The van der Waals surface area contributed by atoms with Crippen molar-refractivity contribution in [1.82, 2.24) is 0 Å². The second kappa shape index (κ2) is 8.68. The van der Waals surface area contributed by atoms with Crippen LogP contribution in [-0.2, 0) is 0 Å². The topological polar surface area (TPSA) is 30.0 Å². The van der Waals surface area contributed by atoms with Gasteiger partial charge in [-0.15, -0.1) is 0 Å². The second-order valence-electron chi connectivity index (χ2n) is 8.44. The average Bonchev–Trinajstić information content (AvgIpc) is 3.00. The lowest BCUT2D eigenvalue weighted by atomic mass is 9.79. The zero-order valence-electron chi connectivity index (χ0n) is 14.9. The molecule has 1 saturated heterocycles. The summed E-state index contributed by atoms with van der Waals surface area (Å²) < 4.78 is 1.55. The van der Waals surface area contributed by atoms with Gasteiger partial charge in [-0.25, -0.2) is 0 Å². The van der Waals surface area contributed by atoms with Crippen LogP contribution in [0.4, 0.5) is 0 Å². The van der Waals surface area contributed by atoms with Crippen molar-refractivity contribution in [3.63, 3.8) is 0 Å². The van der Waals surface area contributed by atoms with Crippen LogP contribution < -0.4 is 0 Å². The Morgan fingerprint density at radius 3 is 2.05 bits per heavy atom. The largest absolute Gasteiger partial charge is 0.870 e. The third kappa shape index (κ3) is 4.06. The highest BCUT2D eigenvalue weighted by Crippen LogP contribution is 2.41. The molecule has 2 nitrogen and oxygen atoms in total. The lowest BCUT2D eigenvalue weighted by Gasteiger charge is -2.44. The lowest BCUT2D eigenvalue weighted by molar-refractivity contribution is -0.943. The SMILES string of the molecule is CCCC[N+]1(C2CCCCC2)CCC(C2CCCCC2)C1.[OH-].